The molecule has 2 aliphatic rings. The second kappa shape index (κ2) is 15.2. The number of aromatic nitrogens is 2. The number of carbonyl (C=O) groups excluding carboxylic acids is 2. The first-order valence-electron chi connectivity index (χ1n) is 17.8. The molecule has 10 nitrogen and oxygen atoms in total. The van der Waals surface area contributed by atoms with Crippen LogP contribution in [-0.4, -0.2) is 101 Å². The Morgan fingerprint density at radius 2 is 1.32 bits per heavy atom. The van der Waals surface area contributed by atoms with Crippen molar-refractivity contribution in [3.8, 4) is 5.69 Å². The van der Waals surface area contributed by atoms with Gasteiger partial charge in [-0.2, -0.15) is 5.10 Å². The first-order chi connectivity index (χ1) is 23.9. The number of nitrogens with zero attached hydrogens (tertiary/aromatic N) is 6. The van der Waals surface area contributed by atoms with Crippen LogP contribution < -0.4 is 10.6 Å². The fraction of sp³-hybridized carbons (Fsp3) is 0.425. The van der Waals surface area contributed by atoms with E-state index in [0.717, 1.165) is 86.1 Å². The van der Waals surface area contributed by atoms with Crippen molar-refractivity contribution in [1.82, 2.24) is 29.4 Å². The summed E-state index contributed by atoms with van der Waals surface area (Å²) in [6, 6.07) is 24.1. The number of anilines is 2. The summed E-state index contributed by atoms with van der Waals surface area (Å²) < 4.78 is 1.79. The van der Waals surface area contributed by atoms with E-state index in [-0.39, 0.29) is 17.4 Å². The number of amides is 3. The molecule has 2 saturated heterocycles. The van der Waals surface area contributed by atoms with Gasteiger partial charge in [0.15, 0.2) is 0 Å². The third kappa shape index (κ3) is 8.79. The van der Waals surface area contributed by atoms with Crippen LogP contribution in [-0.2, 0) is 18.5 Å². The summed E-state index contributed by atoms with van der Waals surface area (Å²) in [7, 11) is 2.17. The maximum atomic E-state index is 13.3. The van der Waals surface area contributed by atoms with Gasteiger partial charge in [-0.25, -0.2) is 9.48 Å². The average molecular weight is 677 g/mol. The normalized spacial score (nSPS) is 16.4. The van der Waals surface area contributed by atoms with Crippen LogP contribution >= 0.6 is 0 Å². The lowest BCUT2D eigenvalue weighted by atomic mass is 9.92. The topological polar surface area (TPSA) is 89.0 Å². The molecule has 3 heterocycles. The van der Waals surface area contributed by atoms with Crippen LogP contribution in [0.15, 0.2) is 72.8 Å². The first kappa shape index (κ1) is 35.3. The zero-order chi connectivity index (χ0) is 35.4. The van der Waals surface area contributed by atoms with Gasteiger partial charge in [-0.05, 0) is 67.9 Å². The molecule has 0 atom stereocenters. The van der Waals surface area contributed by atoms with E-state index in [1.807, 2.05) is 67.3 Å². The van der Waals surface area contributed by atoms with Crippen LogP contribution in [0.3, 0.4) is 0 Å². The molecule has 2 N–H and O–H groups in total. The second-order valence-electron chi connectivity index (χ2n) is 15.0. The molecular weight excluding hydrogens is 624 g/mol. The van der Waals surface area contributed by atoms with E-state index < -0.39 is 0 Å². The van der Waals surface area contributed by atoms with Gasteiger partial charge in [0.1, 0.15) is 5.82 Å². The van der Waals surface area contributed by atoms with E-state index in [4.69, 9.17) is 5.10 Å². The molecule has 3 amide bonds. The minimum absolute atomic E-state index is 0.108. The number of aryl methyl sites for hydroxylation is 2. The van der Waals surface area contributed by atoms with Crippen molar-refractivity contribution in [3.63, 3.8) is 0 Å². The lowest BCUT2D eigenvalue weighted by Crippen LogP contribution is -2.48. The van der Waals surface area contributed by atoms with Crippen LogP contribution in [0.25, 0.3) is 5.69 Å². The molecule has 0 unspecified atom stereocenters. The van der Waals surface area contributed by atoms with Gasteiger partial charge in [0.25, 0.3) is 5.91 Å². The lowest BCUT2D eigenvalue weighted by Gasteiger charge is -2.35. The molecule has 0 bridgehead atoms. The Morgan fingerprint density at radius 3 is 1.94 bits per heavy atom. The minimum atomic E-state index is -0.319. The fourth-order valence-corrected chi connectivity index (χ4v) is 6.52. The number of rotatable bonds is 8. The Kier molecular flexibility index (Phi) is 10.7. The Balaban J connectivity index is 1.00. The van der Waals surface area contributed by atoms with Crippen molar-refractivity contribution in [2.75, 3.05) is 70.0 Å². The zero-order valence-corrected chi connectivity index (χ0v) is 30.5. The van der Waals surface area contributed by atoms with Crippen molar-refractivity contribution < 1.29 is 9.59 Å². The van der Waals surface area contributed by atoms with Crippen LogP contribution in [0.1, 0.15) is 59.1 Å². The Bertz CT molecular complexity index is 1780. The highest BCUT2D eigenvalue weighted by atomic mass is 16.2. The van der Waals surface area contributed by atoms with Gasteiger partial charge in [0.05, 0.1) is 11.4 Å². The maximum Gasteiger partial charge on any atom is 0.324 e. The highest BCUT2D eigenvalue weighted by molar-refractivity contribution is 6.00. The molecule has 0 radical (unpaired) electrons. The number of hydrogen-bond donors (Lipinski definition) is 2. The number of benzene rings is 3. The lowest BCUT2D eigenvalue weighted by molar-refractivity contribution is 0.0628. The fourth-order valence-electron chi connectivity index (χ4n) is 6.52. The summed E-state index contributed by atoms with van der Waals surface area (Å²) >= 11 is 0. The third-order valence-corrected chi connectivity index (χ3v) is 9.81. The highest BCUT2D eigenvalue weighted by Crippen LogP contribution is 2.27. The van der Waals surface area contributed by atoms with Crippen LogP contribution in [0, 0.1) is 13.8 Å². The Labute approximate surface area is 297 Å². The van der Waals surface area contributed by atoms with Crippen LogP contribution in [0.4, 0.5) is 16.3 Å². The molecule has 3 aromatic carbocycles. The quantitative estimate of drug-likeness (QED) is 0.233. The third-order valence-electron chi connectivity index (χ3n) is 9.81. The summed E-state index contributed by atoms with van der Waals surface area (Å²) in [5, 5.41) is 10.9. The van der Waals surface area contributed by atoms with E-state index in [0.29, 0.717) is 18.9 Å². The number of piperazine rings is 2. The minimum Gasteiger partial charge on any atom is -0.336 e. The number of likely N-dealkylation sites (N-methyl/N-ethyl adjacent to an activating group) is 1. The van der Waals surface area contributed by atoms with Crippen LogP contribution in [0.5, 0.6) is 0 Å². The first-order valence-corrected chi connectivity index (χ1v) is 17.8. The largest absolute Gasteiger partial charge is 0.336 e. The van der Waals surface area contributed by atoms with E-state index in [1.165, 1.54) is 11.1 Å². The molecule has 10 heteroatoms. The van der Waals surface area contributed by atoms with Gasteiger partial charge < -0.3 is 15.1 Å². The number of nitrogens with one attached hydrogen (secondary N) is 2. The summed E-state index contributed by atoms with van der Waals surface area (Å²) in [4.78, 5) is 35.7. The standard InChI is InChI=1S/C40H52N8O2/c1-29-7-14-34(15-8-29)48-37(26-36(43-48)40(3,4)5)42-39(50)41-35-16-11-32(25-30(35)2)28-46-21-23-47(24-22-46)38(49)33-12-9-31(10-13-33)27-45-19-17-44(6)18-20-45/h7-16,25-26H,17-24,27-28H2,1-6H3,(H2,41,42,50). The van der Waals surface area contributed by atoms with Gasteiger partial charge in [-0.1, -0.05) is 62.7 Å². The SMILES string of the molecule is Cc1ccc(-n2nc(C(C)(C)C)cc2NC(=O)Nc2ccc(CN3CCN(C(=O)c4ccc(CN5CCN(C)CC5)cc4)CC3)cc2C)cc1. The highest BCUT2D eigenvalue weighted by Gasteiger charge is 2.24. The molecule has 6 rings (SSSR count). The molecule has 50 heavy (non-hydrogen) atoms. The molecule has 4 aromatic rings. The predicted octanol–water partition coefficient (Wildman–Crippen LogP) is 6.14. The zero-order valence-electron chi connectivity index (χ0n) is 30.5. The molecule has 0 saturated carbocycles. The maximum absolute atomic E-state index is 13.3. The smallest absolute Gasteiger partial charge is 0.324 e. The van der Waals surface area contributed by atoms with Crippen molar-refractivity contribution in [3.05, 3.63) is 106 Å². The van der Waals surface area contributed by atoms with Crippen molar-refractivity contribution in [1.29, 1.82) is 0 Å². The molecular formula is C40H52N8O2. The molecule has 264 valence electrons. The predicted molar refractivity (Wildman–Crippen MR) is 201 cm³/mol. The van der Waals surface area contributed by atoms with E-state index in [9.17, 15) is 9.59 Å². The van der Waals surface area contributed by atoms with Crippen molar-refractivity contribution >= 4 is 23.4 Å². The van der Waals surface area contributed by atoms with E-state index in [1.54, 1.807) is 4.68 Å². The Morgan fingerprint density at radius 1 is 0.720 bits per heavy atom. The van der Waals surface area contributed by atoms with Gasteiger partial charge >= 0.3 is 6.03 Å². The Hall–Kier alpha value is -4.51. The number of urea groups is 1. The molecule has 0 aliphatic carbocycles. The van der Waals surface area contributed by atoms with Gasteiger partial charge in [-0.15, -0.1) is 0 Å². The summed E-state index contributed by atoms with van der Waals surface area (Å²) in [5.41, 5.74) is 7.71. The van der Waals surface area contributed by atoms with Crippen molar-refractivity contribution in [2.24, 2.45) is 0 Å². The van der Waals surface area contributed by atoms with Gasteiger partial charge in [0, 0.05) is 88.2 Å². The van der Waals surface area contributed by atoms with E-state index >= 15 is 0 Å². The molecule has 2 aliphatic heterocycles. The van der Waals surface area contributed by atoms with Crippen molar-refractivity contribution in [2.45, 2.75) is 53.1 Å². The number of carbonyl (C=O) groups is 2. The summed E-state index contributed by atoms with van der Waals surface area (Å²) in [6.45, 7) is 19.5. The summed E-state index contributed by atoms with van der Waals surface area (Å²) in [5.74, 6) is 0.721. The monoisotopic (exact) mass is 676 g/mol. The van der Waals surface area contributed by atoms with E-state index in [2.05, 4.69) is 77.4 Å². The molecule has 0 spiro atoms. The second-order valence-corrected chi connectivity index (χ2v) is 15.0. The summed E-state index contributed by atoms with van der Waals surface area (Å²) in [6.07, 6.45) is 0. The average Bonchev–Trinajstić information content (AvgIpc) is 3.52. The number of hydrogen-bond acceptors (Lipinski definition) is 6. The van der Waals surface area contributed by atoms with Gasteiger partial charge in [-0.3, -0.25) is 19.9 Å². The molecule has 2 fully saturated rings. The van der Waals surface area contributed by atoms with Crippen LogP contribution in [0.2, 0.25) is 0 Å². The van der Waals surface area contributed by atoms with Gasteiger partial charge in [0.2, 0.25) is 0 Å². The molecule has 1 aromatic heterocycles.